The van der Waals surface area contributed by atoms with E-state index in [1.807, 2.05) is 62.4 Å². The summed E-state index contributed by atoms with van der Waals surface area (Å²) in [6, 6.07) is 16.2. The van der Waals surface area contributed by atoms with E-state index in [1.165, 1.54) is 11.8 Å². The summed E-state index contributed by atoms with van der Waals surface area (Å²) in [7, 11) is 0. The average Bonchev–Trinajstić information content (AvgIpc) is 2.78. The molecule has 0 bridgehead atoms. The fourth-order valence-electron chi connectivity index (χ4n) is 3.32. The number of amides is 2. The van der Waals surface area contributed by atoms with Crippen molar-refractivity contribution < 1.29 is 24.3 Å². The highest BCUT2D eigenvalue weighted by Gasteiger charge is 2.36. The van der Waals surface area contributed by atoms with Crippen LogP contribution in [0.1, 0.15) is 44.7 Å². The SMILES string of the molecule is CC(C)CCC(=O)N([C@@H](C)C(=O)NOCc1ccccc1)[C@@H](Cc1ccccc1)C(=O)O. The van der Waals surface area contributed by atoms with Gasteiger partial charge in [-0.1, -0.05) is 74.5 Å². The molecular weight excluding hydrogens is 408 g/mol. The molecule has 7 nitrogen and oxygen atoms in total. The van der Waals surface area contributed by atoms with Crippen molar-refractivity contribution in [2.75, 3.05) is 0 Å². The Labute approximate surface area is 189 Å². The van der Waals surface area contributed by atoms with E-state index in [0.29, 0.717) is 6.42 Å². The van der Waals surface area contributed by atoms with Crippen LogP contribution in [0.15, 0.2) is 60.7 Å². The molecule has 0 aliphatic rings. The van der Waals surface area contributed by atoms with Gasteiger partial charge in [-0.15, -0.1) is 0 Å². The fourth-order valence-corrected chi connectivity index (χ4v) is 3.32. The standard InChI is InChI=1S/C25H32N2O5/c1-18(2)14-15-23(28)27(22(25(30)31)16-20-10-6-4-7-11-20)19(3)24(29)26-32-17-21-12-8-5-9-13-21/h4-13,18-19,22H,14-17H2,1-3H3,(H,26,29)(H,30,31)/t19-,22-/m0/s1. The van der Waals surface area contributed by atoms with E-state index < -0.39 is 24.0 Å². The molecule has 2 aromatic rings. The number of rotatable bonds is 12. The molecule has 0 aliphatic heterocycles. The Morgan fingerprint density at radius 2 is 1.50 bits per heavy atom. The Kier molecular flexibility index (Phi) is 9.88. The zero-order valence-electron chi connectivity index (χ0n) is 18.9. The minimum absolute atomic E-state index is 0.103. The molecule has 0 spiro atoms. The minimum atomic E-state index is -1.17. The maximum Gasteiger partial charge on any atom is 0.326 e. The highest BCUT2D eigenvalue weighted by Crippen LogP contribution is 2.17. The third kappa shape index (κ3) is 7.81. The van der Waals surface area contributed by atoms with Crippen LogP contribution < -0.4 is 5.48 Å². The molecule has 2 rings (SSSR count). The number of nitrogens with zero attached hydrogens (tertiary/aromatic N) is 1. The van der Waals surface area contributed by atoms with E-state index in [-0.39, 0.29) is 31.3 Å². The first kappa shape index (κ1) is 25.1. The number of hydrogen-bond acceptors (Lipinski definition) is 4. The number of carbonyl (C=O) groups excluding carboxylic acids is 2. The van der Waals surface area contributed by atoms with Crippen LogP contribution in [-0.2, 0) is 32.2 Å². The van der Waals surface area contributed by atoms with Gasteiger partial charge in [-0.25, -0.2) is 10.3 Å². The van der Waals surface area contributed by atoms with Gasteiger partial charge in [0.1, 0.15) is 12.1 Å². The van der Waals surface area contributed by atoms with Crippen LogP contribution in [-0.4, -0.2) is 39.9 Å². The van der Waals surface area contributed by atoms with Gasteiger partial charge in [0.25, 0.3) is 5.91 Å². The molecule has 0 fully saturated rings. The molecule has 32 heavy (non-hydrogen) atoms. The molecule has 0 saturated heterocycles. The monoisotopic (exact) mass is 440 g/mol. The van der Waals surface area contributed by atoms with E-state index in [0.717, 1.165) is 11.1 Å². The maximum atomic E-state index is 13.1. The second-order valence-corrected chi connectivity index (χ2v) is 8.19. The topological polar surface area (TPSA) is 95.9 Å². The second kappa shape index (κ2) is 12.6. The van der Waals surface area contributed by atoms with Gasteiger partial charge in [-0.05, 0) is 30.4 Å². The molecule has 172 valence electrons. The van der Waals surface area contributed by atoms with Gasteiger partial charge in [-0.3, -0.25) is 14.4 Å². The van der Waals surface area contributed by atoms with Crippen molar-refractivity contribution in [1.82, 2.24) is 10.4 Å². The molecule has 0 aliphatic carbocycles. The third-order valence-corrected chi connectivity index (χ3v) is 5.17. The van der Waals surface area contributed by atoms with Crippen molar-refractivity contribution >= 4 is 17.8 Å². The van der Waals surface area contributed by atoms with E-state index in [1.54, 1.807) is 12.1 Å². The van der Waals surface area contributed by atoms with Crippen LogP contribution >= 0.6 is 0 Å². The number of carboxylic acids is 1. The van der Waals surface area contributed by atoms with Crippen LogP contribution in [0.5, 0.6) is 0 Å². The number of hydroxylamine groups is 1. The number of carbonyl (C=O) groups is 3. The van der Waals surface area contributed by atoms with E-state index in [9.17, 15) is 19.5 Å². The number of hydrogen-bond donors (Lipinski definition) is 2. The first-order chi connectivity index (χ1) is 15.3. The summed E-state index contributed by atoms with van der Waals surface area (Å²) in [5, 5.41) is 9.93. The summed E-state index contributed by atoms with van der Waals surface area (Å²) in [6.45, 7) is 5.66. The zero-order valence-corrected chi connectivity index (χ0v) is 18.9. The van der Waals surface area contributed by atoms with Gasteiger partial charge < -0.3 is 10.0 Å². The highest BCUT2D eigenvalue weighted by molar-refractivity contribution is 5.90. The predicted octanol–water partition coefficient (Wildman–Crippen LogP) is 3.58. The lowest BCUT2D eigenvalue weighted by Crippen LogP contribution is -2.55. The summed E-state index contributed by atoms with van der Waals surface area (Å²) in [5.74, 6) is -1.82. The highest BCUT2D eigenvalue weighted by atomic mass is 16.6. The summed E-state index contributed by atoms with van der Waals surface area (Å²) in [5.41, 5.74) is 4.01. The number of carboxylic acid groups (broad SMARTS) is 1. The molecule has 7 heteroatoms. The first-order valence-corrected chi connectivity index (χ1v) is 10.8. The smallest absolute Gasteiger partial charge is 0.326 e. The van der Waals surface area contributed by atoms with Crippen molar-refractivity contribution in [2.24, 2.45) is 5.92 Å². The summed E-state index contributed by atoms with van der Waals surface area (Å²) in [6.07, 6.45) is 0.872. The van der Waals surface area contributed by atoms with Crippen LogP contribution in [0.2, 0.25) is 0 Å². The Balaban J connectivity index is 2.16. The van der Waals surface area contributed by atoms with Crippen LogP contribution in [0, 0.1) is 5.92 Å². The molecule has 0 saturated carbocycles. The Bertz CT molecular complexity index is 870. The number of benzene rings is 2. The molecule has 2 amide bonds. The van der Waals surface area contributed by atoms with Gasteiger partial charge >= 0.3 is 5.97 Å². The van der Waals surface area contributed by atoms with Crippen LogP contribution in [0.4, 0.5) is 0 Å². The van der Waals surface area contributed by atoms with E-state index in [4.69, 9.17) is 4.84 Å². The van der Waals surface area contributed by atoms with Gasteiger partial charge in [0.2, 0.25) is 5.91 Å². The van der Waals surface area contributed by atoms with Crippen molar-refractivity contribution in [3.8, 4) is 0 Å². The Hall–Kier alpha value is -3.19. The molecule has 0 aromatic heterocycles. The summed E-state index contributed by atoms with van der Waals surface area (Å²) in [4.78, 5) is 44.5. The van der Waals surface area contributed by atoms with Gasteiger partial charge in [0, 0.05) is 12.8 Å². The lowest BCUT2D eigenvalue weighted by atomic mass is 10.0. The van der Waals surface area contributed by atoms with Gasteiger partial charge in [0.15, 0.2) is 0 Å². The molecule has 0 heterocycles. The van der Waals surface area contributed by atoms with E-state index >= 15 is 0 Å². The van der Waals surface area contributed by atoms with Gasteiger partial charge in [-0.2, -0.15) is 0 Å². The molecule has 0 radical (unpaired) electrons. The summed E-state index contributed by atoms with van der Waals surface area (Å²) < 4.78 is 0. The van der Waals surface area contributed by atoms with Crippen LogP contribution in [0.25, 0.3) is 0 Å². The lowest BCUT2D eigenvalue weighted by molar-refractivity contribution is -0.157. The first-order valence-electron chi connectivity index (χ1n) is 10.8. The molecule has 0 unspecified atom stereocenters. The molecular formula is C25H32N2O5. The normalized spacial score (nSPS) is 12.8. The fraction of sp³-hybridized carbons (Fsp3) is 0.400. The quantitative estimate of drug-likeness (QED) is 0.492. The van der Waals surface area contributed by atoms with Crippen molar-refractivity contribution in [2.45, 2.75) is 58.7 Å². The number of nitrogens with one attached hydrogen (secondary N) is 1. The largest absolute Gasteiger partial charge is 0.480 e. The zero-order chi connectivity index (χ0) is 23.5. The lowest BCUT2D eigenvalue weighted by Gasteiger charge is -2.34. The van der Waals surface area contributed by atoms with Crippen molar-refractivity contribution in [3.05, 3.63) is 71.8 Å². The summed E-state index contributed by atoms with van der Waals surface area (Å²) >= 11 is 0. The molecule has 2 atom stereocenters. The Morgan fingerprint density at radius 3 is 2.03 bits per heavy atom. The molecule has 2 N–H and O–H groups in total. The average molecular weight is 441 g/mol. The minimum Gasteiger partial charge on any atom is -0.480 e. The van der Waals surface area contributed by atoms with Gasteiger partial charge in [0.05, 0.1) is 6.61 Å². The van der Waals surface area contributed by atoms with Crippen molar-refractivity contribution in [3.63, 3.8) is 0 Å². The predicted molar refractivity (Wildman–Crippen MR) is 121 cm³/mol. The second-order valence-electron chi connectivity index (χ2n) is 8.19. The van der Waals surface area contributed by atoms with Crippen LogP contribution in [0.3, 0.4) is 0 Å². The van der Waals surface area contributed by atoms with E-state index in [2.05, 4.69) is 5.48 Å². The Morgan fingerprint density at radius 1 is 0.938 bits per heavy atom. The van der Waals surface area contributed by atoms with Crippen molar-refractivity contribution in [1.29, 1.82) is 0 Å². The molecule has 2 aromatic carbocycles. The maximum absolute atomic E-state index is 13.1. The third-order valence-electron chi connectivity index (χ3n) is 5.17. The number of aliphatic carboxylic acids is 1.